The number of amides is 2. The first-order valence-electron chi connectivity index (χ1n) is 11.5. The zero-order valence-electron chi connectivity index (χ0n) is 17.3. The number of benzene rings is 1. The van der Waals surface area contributed by atoms with Crippen LogP contribution in [0.15, 0.2) is 30.3 Å². The third kappa shape index (κ3) is 3.94. The second-order valence-corrected chi connectivity index (χ2v) is 10.00. The lowest BCUT2D eigenvalue weighted by molar-refractivity contribution is -0.159. The topological polar surface area (TPSA) is 52.7 Å². The summed E-state index contributed by atoms with van der Waals surface area (Å²) in [4.78, 5) is 30.1. The van der Waals surface area contributed by atoms with Crippen LogP contribution >= 0.6 is 0 Å². The summed E-state index contributed by atoms with van der Waals surface area (Å²) in [5, 5.41) is 2.95. The number of nitrogens with one attached hydrogen (secondary N) is 1. The molecular weight excluding hydrogens is 362 g/mol. The van der Waals surface area contributed by atoms with Gasteiger partial charge in [-0.1, -0.05) is 18.2 Å². The van der Waals surface area contributed by atoms with Crippen LogP contribution in [0, 0.1) is 23.2 Å². The molecule has 0 spiro atoms. The maximum atomic E-state index is 13.5. The summed E-state index contributed by atoms with van der Waals surface area (Å²) < 4.78 is 0. The van der Waals surface area contributed by atoms with E-state index >= 15 is 0 Å². The van der Waals surface area contributed by atoms with Crippen molar-refractivity contribution in [2.75, 3.05) is 38.0 Å². The van der Waals surface area contributed by atoms with Gasteiger partial charge in [-0.05, 0) is 68.4 Å². The van der Waals surface area contributed by atoms with Crippen LogP contribution in [-0.4, -0.2) is 54.3 Å². The first-order valence-corrected chi connectivity index (χ1v) is 11.5. The summed E-state index contributed by atoms with van der Waals surface area (Å²) in [7, 11) is 0. The molecule has 4 saturated carbocycles. The van der Waals surface area contributed by atoms with Crippen molar-refractivity contribution in [2.24, 2.45) is 23.2 Å². The molecule has 6 rings (SSSR count). The Balaban J connectivity index is 1.09. The van der Waals surface area contributed by atoms with E-state index in [0.29, 0.717) is 12.3 Å². The minimum Gasteiger partial charge on any atom is -0.340 e. The van der Waals surface area contributed by atoms with Crippen molar-refractivity contribution in [1.29, 1.82) is 0 Å². The number of piperazine rings is 1. The Morgan fingerprint density at radius 3 is 2.07 bits per heavy atom. The van der Waals surface area contributed by atoms with Gasteiger partial charge in [-0.3, -0.25) is 14.5 Å². The van der Waals surface area contributed by atoms with Gasteiger partial charge in [0.05, 0.1) is 5.41 Å². The van der Waals surface area contributed by atoms with Crippen molar-refractivity contribution in [1.82, 2.24) is 9.80 Å². The molecule has 5 nitrogen and oxygen atoms in total. The van der Waals surface area contributed by atoms with Gasteiger partial charge in [-0.2, -0.15) is 0 Å². The molecule has 1 N–H and O–H groups in total. The summed E-state index contributed by atoms with van der Waals surface area (Å²) in [6.45, 7) is 4.17. The quantitative estimate of drug-likeness (QED) is 0.832. The summed E-state index contributed by atoms with van der Waals surface area (Å²) in [6, 6.07) is 9.62. The van der Waals surface area contributed by atoms with Gasteiger partial charge in [0.15, 0.2) is 0 Å². The van der Waals surface area contributed by atoms with Gasteiger partial charge in [-0.25, -0.2) is 0 Å². The van der Waals surface area contributed by atoms with Gasteiger partial charge in [0, 0.05) is 44.8 Å². The highest BCUT2D eigenvalue weighted by Crippen LogP contribution is 2.60. The molecule has 0 atom stereocenters. The third-order valence-corrected chi connectivity index (χ3v) is 7.86. The second-order valence-electron chi connectivity index (χ2n) is 10.00. The summed E-state index contributed by atoms with van der Waals surface area (Å²) >= 11 is 0. The van der Waals surface area contributed by atoms with E-state index in [1.165, 1.54) is 19.3 Å². The molecule has 1 heterocycles. The number of carbonyl (C=O) groups excluding carboxylic acids is 2. The van der Waals surface area contributed by atoms with Crippen LogP contribution in [0.1, 0.15) is 44.9 Å². The molecule has 4 bridgehead atoms. The van der Waals surface area contributed by atoms with Crippen molar-refractivity contribution >= 4 is 17.5 Å². The number of hydrogen-bond acceptors (Lipinski definition) is 3. The molecule has 2 amide bonds. The SMILES string of the molecule is O=C(CCN1CCN(C(=O)C23CC4CC(CC(C4)C2)C3)CC1)Nc1ccccc1. The number of anilines is 1. The van der Waals surface area contributed by atoms with Crippen LogP contribution in [0.4, 0.5) is 5.69 Å². The van der Waals surface area contributed by atoms with Crippen LogP contribution in [0.2, 0.25) is 0 Å². The van der Waals surface area contributed by atoms with E-state index in [2.05, 4.69) is 15.1 Å². The lowest BCUT2D eigenvalue weighted by Crippen LogP contribution is -2.58. The van der Waals surface area contributed by atoms with E-state index in [-0.39, 0.29) is 11.3 Å². The van der Waals surface area contributed by atoms with E-state index in [1.54, 1.807) is 0 Å². The third-order valence-electron chi connectivity index (χ3n) is 7.86. The van der Waals surface area contributed by atoms with Gasteiger partial charge in [0.2, 0.25) is 11.8 Å². The average Bonchev–Trinajstić information content (AvgIpc) is 2.72. The lowest BCUT2D eigenvalue weighted by Gasteiger charge is -2.57. The number of para-hydroxylation sites is 1. The number of hydrogen-bond donors (Lipinski definition) is 1. The molecule has 5 fully saturated rings. The largest absolute Gasteiger partial charge is 0.340 e. The van der Waals surface area contributed by atoms with Crippen molar-refractivity contribution in [2.45, 2.75) is 44.9 Å². The van der Waals surface area contributed by atoms with Crippen LogP contribution in [0.25, 0.3) is 0 Å². The van der Waals surface area contributed by atoms with Crippen LogP contribution in [0.5, 0.6) is 0 Å². The Morgan fingerprint density at radius 2 is 1.48 bits per heavy atom. The molecule has 1 aliphatic heterocycles. The summed E-state index contributed by atoms with van der Waals surface area (Å²) in [5.41, 5.74) is 0.829. The number of carbonyl (C=O) groups is 2. The molecule has 1 aromatic carbocycles. The smallest absolute Gasteiger partial charge is 0.228 e. The summed E-state index contributed by atoms with van der Waals surface area (Å²) in [5.74, 6) is 2.96. The standard InChI is InChI=1S/C24H33N3O2/c28-22(25-21-4-2-1-3-5-21)6-7-26-8-10-27(11-9-26)23(29)24-15-18-12-19(16-24)14-20(13-18)17-24/h1-5,18-20H,6-17H2,(H,25,28). The van der Waals surface area contributed by atoms with Gasteiger partial charge in [0.1, 0.15) is 0 Å². The molecule has 29 heavy (non-hydrogen) atoms. The molecular formula is C24H33N3O2. The molecule has 0 unspecified atom stereocenters. The van der Waals surface area contributed by atoms with E-state index in [9.17, 15) is 9.59 Å². The van der Waals surface area contributed by atoms with Gasteiger partial charge < -0.3 is 10.2 Å². The van der Waals surface area contributed by atoms with Gasteiger partial charge in [-0.15, -0.1) is 0 Å². The molecule has 5 aliphatic rings. The fraction of sp³-hybridized carbons (Fsp3) is 0.667. The molecule has 0 radical (unpaired) electrons. The lowest BCUT2D eigenvalue weighted by atomic mass is 9.49. The van der Waals surface area contributed by atoms with Crippen LogP contribution in [-0.2, 0) is 9.59 Å². The molecule has 1 saturated heterocycles. The first kappa shape index (κ1) is 19.1. The summed E-state index contributed by atoms with van der Waals surface area (Å²) in [6.07, 6.45) is 8.09. The second kappa shape index (κ2) is 7.75. The molecule has 1 aromatic rings. The highest BCUT2D eigenvalue weighted by molar-refractivity contribution is 5.90. The molecule has 4 aliphatic carbocycles. The van der Waals surface area contributed by atoms with Crippen molar-refractivity contribution < 1.29 is 9.59 Å². The average molecular weight is 396 g/mol. The van der Waals surface area contributed by atoms with Crippen molar-refractivity contribution in [3.05, 3.63) is 30.3 Å². The van der Waals surface area contributed by atoms with E-state index < -0.39 is 0 Å². The zero-order valence-corrected chi connectivity index (χ0v) is 17.3. The Labute approximate surface area is 173 Å². The Morgan fingerprint density at radius 1 is 0.897 bits per heavy atom. The fourth-order valence-electron chi connectivity index (χ4n) is 6.89. The highest BCUT2D eigenvalue weighted by Gasteiger charge is 2.55. The zero-order chi connectivity index (χ0) is 19.8. The number of rotatable bonds is 5. The van der Waals surface area contributed by atoms with E-state index in [0.717, 1.165) is 75.4 Å². The minimum absolute atomic E-state index is 0.0213. The fourth-order valence-corrected chi connectivity index (χ4v) is 6.89. The number of nitrogens with zero attached hydrogens (tertiary/aromatic N) is 2. The van der Waals surface area contributed by atoms with Gasteiger partial charge >= 0.3 is 0 Å². The maximum absolute atomic E-state index is 13.5. The van der Waals surface area contributed by atoms with Gasteiger partial charge in [0.25, 0.3) is 0 Å². The maximum Gasteiger partial charge on any atom is 0.228 e. The van der Waals surface area contributed by atoms with Crippen molar-refractivity contribution in [3.8, 4) is 0 Å². The first-order chi connectivity index (χ1) is 14.1. The highest BCUT2D eigenvalue weighted by atomic mass is 16.2. The molecule has 5 heteroatoms. The molecule has 0 aromatic heterocycles. The Bertz CT molecular complexity index is 719. The molecule has 156 valence electrons. The van der Waals surface area contributed by atoms with E-state index in [4.69, 9.17) is 0 Å². The van der Waals surface area contributed by atoms with Crippen molar-refractivity contribution in [3.63, 3.8) is 0 Å². The minimum atomic E-state index is -0.0213. The predicted octanol–water partition coefficient (Wildman–Crippen LogP) is 3.38. The Hall–Kier alpha value is -1.88. The Kier molecular flexibility index (Phi) is 5.10. The van der Waals surface area contributed by atoms with Crippen LogP contribution < -0.4 is 5.32 Å². The monoisotopic (exact) mass is 395 g/mol. The van der Waals surface area contributed by atoms with Crippen LogP contribution in [0.3, 0.4) is 0 Å². The predicted molar refractivity (Wildman–Crippen MR) is 113 cm³/mol. The van der Waals surface area contributed by atoms with E-state index in [1.807, 2.05) is 30.3 Å². The normalized spacial score (nSPS) is 33.7.